The fourth-order valence-corrected chi connectivity index (χ4v) is 2.53. The normalized spacial score (nSPS) is 10.5. The predicted molar refractivity (Wildman–Crippen MR) is 97.7 cm³/mol. The molecule has 0 spiro atoms. The molecule has 0 aliphatic heterocycles. The predicted octanol–water partition coefficient (Wildman–Crippen LogP) is 3.96. The SMILES string of the molecule is CCCCN(C)C(=O)c1cnc(Nc2c(C)cccc2CC)cn1. The van der Waals surface area contributed by atoms with Crippen LogP contribution in [0.25, 0.3) is 0 Å². The number of para-hydroxylation sites is 1. The van der Waals surface area contributed by atoms with E-state index in [2.05, 4.69) is 54.3 Å². The summed E-state index contributed by atoms with van der Waals surface area (Å²) >= 11 is 0. The van der Waals surface area contributed by atoms with Crippen molar-refractivity contribution >= 4 is 17.4 Å². The van der Waals surface area contributed by atoms with E-state index in [4.69, 9.17) is 0 Å². The van der Waals surface area contributed by atoms with Crippen molar-refractivity contribution in [2.24, 2.45) is 0 Å². The summed E-state index contributed by atoms with van der Waals surface area (Å²) in [6, 6.07) is 6.22. The van der Waals surface area contributed by atoms with Crippen LogP contribution in [0.15, 0.2) is 30.6 Å². The van der Waals surface area contributed by atoms with E-state index in [1.807, 2.05) is 0 Å². The molecule has 1 aromatic heterocycles. The van der Waals surface area contributed by atoms with Crippen molar-refractivity contribution in [2.45, 2.75) is 40.0 Å². The quantitative estimate of drug-likeness (QED) is 0.836. The Bertz CT molecular complexity index is 682. The van der Waals surface area contributed by atoms with Gasteiger partial charge < -0.3 is 10.2 Å². The van der Waals surface area contributed by atoms with Gasteiger partial charge >= 0.3 is 0 Å². The third kappa shape index (κ3) is 4.31. The van der Waals surface area contributed by atoms with Gasteiger partial charge in [0, 0.05) is 19.3 Å². The Hall–Kier alpha value is -2.43. The number of unbranched alkanes of at least 4 members (excludes halogenated alkanes) is 1. The molecule has 0 radical (unpaired) electrons. The first-order chi connectivity index (χ1) is 11.6. The number of anilines is 2. The minimum absolute atomic E-state index is 0.0901. The third-order valence-corrected chi connectivity index (χ3v) is 4.06. The van der Waals surface area contributed by atoms with Crippen molar-refractivity contribution in [2.75, 3.05) is 18.9 Å². The van der Waals surface area contributed by atoms with E-state index in [9.17, 15) is 4.79 Å². The van der Waals surface area contributed by atoms with E-state index in [0.29, 0.717) is 11.5 Å². The van der Waals surface area contributed by atoms with Crippen molar-refractivity contribution < 1.29 is 4.79 Å². The number of carbonyl (C=O) groups is 1. The molecule has 2 aromatic rings. The van der Waals surface area contributed by atoms with Gasteiger partial charge in [-0.3, -0.25) is 4.79 Å². The Morgan fingerprint density at radius 2 is 2.00 bits per heavy atom. The van der Waals surface area contributed by atoms with E-state index >= 15 is 0 Å². The van der Waals surface area contributed by atoms with Crippen LogP contribution in [0.5, 0.6) is 0 Å². The van der Waals surface area contributed by atoms with Crippen molar-refractivity contribution in [3.63, 3.8) is 0 Å². The van der Waals surface area contributed by atoms with Crippen LogP contribution < -0.4 is 5.32 Å². The van der Waals surface area contributed by atoms with E-state index in [-0.39, 0.29) is 5.91 Å². The second kappa shape index (κ2) is 8.43. The molecule has 128 valence electrons. The van der Waals surface area contributed by atoms with Crippen LogP contribution >= 0.6 is 0 Å². The lowest BCUT2D eigenvalue weighted by molar-refractivity contribution is 0.0787. The Labute approximate surface area is 144 Å². The topological polar surface area (TPSA) is 58.1 Å². The largest absolute Gasteiger partial charge is 0.340 e. The summed E-state index contributed by atoms with van der Waals surface area (Å²) in [4.78, 5) is 22.6. The number of carbonyl (C=O) groups excluding carboxylic acids is 1. The van der Waals surface area contributed by atoms with Gasteiger partial charge in [0.2, 0.25) is 0 Å². The number of benzene rings is 1. The van der Waals surface area contributed by atoms with E-state index < -0.39 is 0 Å². The van der Waals surface area contributed by atoms with Gasteiger partial charge in [-0.15, -0.1) is 0 Å². The van der Waals surface area contributed by atoms with Gasteiger partial charge in [0.1, 0.15) is 11.5 Å². The highest BCUT2D eigenvalue weighted by atomic mass is 16.2. The van der Waals surface area contributed by atoms with Crippen LogP contribution in [0.2, 0.25) is 0 Å². The molecule has 0 unspecified atom stereocenters. The number of aromatic nitrogens is 2. The van der Waals surface area contributed by atoms with Crippen molar-refractivity contribution in [3.8, 4) is 0 Å². The first-order valence-electron chi connectivity index (χ1n) is 8.49. The fourth-order valence-electron chi connectivity index (χ4n) is 2.53. The first kappa shape index (κ1) is 17.9. The summed E-state index contributed by atoms with van der Waals surface area (Å²) in [6.45, 7) is 7.03. The maximum atomic E-state index is 12.3. The highest BCUT2D eigenvalue weighted by Gasteiger charge is 2.13. The summed E-state index contributed by atoms with van der Waals surface area (Å²) < 4.78 is 0. The lowest BCUT2D eigenvalue weighted by Crippen LogP contribution is -2.28. The molecule has 5 nitrogen and oxygen atoms in total. The Balaban J connectivity index is 2.12. The smallest absolute Gasteiger partial charge is 0.273 e. The van der Waals surface area contributed by atoms with Crippen LogP contribution in [0, 0.1) is 6.92 Å². The van der Waals surface area contributed by atoms with Gasteiger partial charge in [0.05, 0.1) is 12.4 Å². The van der Waals surface area contributed by atoms with E-state index in [1.165, 1.54) is 11.8 Å². The Morgan fingerprint density at radius 3 is 2.62 bits per heavy atom. The fraction of sp³-hybridized carbons (Fsp3) is 0.421. The number of amides is 1. The molecule has 1 N–H and O–H groups in total. The van der Waals surface area contributed by atoms with Crippen LogP contribution in [0.1, 0.15) is 48.3 Å². The summed E-state index contributed by atoms with van der Waals surface area (Å²) in [5.41, 5.74) is 3.83. The minimum atomic E-state index is -0.0901. The summed E-state index contributed by atoms with van der Waals surface area (Å²) in [6.07, 6.45) is 6.14. The number of hydrogen-bond donors (Lipinski definition) is 1. The standard InChI is InChI=1S/C19H26N4O/c1-5-7-11-23(4)19(24)16-12-21-17(13-20-16)22-18-14(3)9-8-10-15(18)6-2/h8-10,12-13H,5-7,11H2,1-4H3,(H,21,22). The van der Waals surface area contributed by atoms with Gasteiger partial charge in [-0.2, -0.15) is 0 Å². The average molecular weight is 326 g/mol. The maximum absolute atomic E-state index is 12.3. The van der Waals surface area contributed by atoms with Gasteiger partial charge in [-0.05, 0) is 30.9 Å². The summed E-state index contributed by atoms with van der Waals surface area (Å²) in [5, 5.41) is 3.32. The minimum Gasteiger partial charge on any atom is -0.340 e. The molecule has 0 aliphatic rings. The Kier molecular flexibility index (Phi) is 6.29. The third-order valence-electron chi connectivity index (χ3n) is 4.06. The van der Waals surface area contributed by atoms with Crippen molar-refractivity contribution in [1.29, 1.82) is 0 Å². The van der Waals surface area contributed by atoms with Crippen LogP contribution in [0.4, 0.5) is 11.5 Å². The number of rotatable bonds is 7. The van der Waals surface area contributed by atoms with Crippen LogP contribution in [-0.4, -0.2) is 34.4 Å². The van der Waals surface area contributed by atoms with Gasteiger partial charge in [-0.25, -0.2) is 9.97 Å². The summed E-state index contributed by atoms with van der Waals surface area (Å²) in [7, 11) is 1.80. The lowest BCUT2D eigenvalue weighted by atomic mass is 10.1. The van der Waals surface area contributed by atoms with E-state index in [1.54, 1.807) is 18.1 Å². The molecule has 0 saturated carbocycles. The van der Waals surface area contributed by atoms with Gasteiger partial charge in [0.15, 0.2) is 0 Å². The molecule has 0 atom stereocenters. The number of nitrogens with zero attached hydrogens (tertiary/aromatic N) is 3. The second-order valence-corrected chi connectivity index (χ2v) is 5.95. The zero-order valence-corrected chi connectivity index (χ0v) is 15.0. The number of hydrogen-bond acceptors (Lipinski definition) is 4. The highest BCUT2D eigenvalue weighted by Crippen LogP contribution is 2.24. The molecule has 1 heterocycles. The molecular formula is C19H26N4O. The number of aryl methyl sites for hydroxylation is 2. The maximum Gasteiger partial charge on any atom is 0.273 e. The molecule has 24 heavy (non-hydrogen) atoms. The van der Waals surface area contributed by atoms with Crippen molar-refractivity contribution in [3.05, 3.63) is 47.4 Å². The molecule has 0 aliphatic carbocycles. The molecule has 0 fully saturated rings. The summed E-state index contributed by atoms with van der Waals surface area (Å²) in [5.74, 6) is 0.555. The molecule has 0 saturated heterocycles. The van der Waals surface area contributed by atoms with E-state index in [0.717, 1.165) is 37.1 Å². The lowest BCUT2D eigenvalue weighted by Gasteiger charge is -2.16. The monoisotopic (exact) mass is 326 g/mol. The highest BCUT2D eigenvalue weighted by molar-refractivity contribution is 5.91. The second-order valence-electron chi connectivity index (χ2n) is 5.95. The molecule has 0 bridgehead atoms. The van der Waals surface area contributed by atoms with Crippen LogP contribution in [-0.2, 0) is 6.42 Å². The molecule has 2 rings (SSSR count). The average Bonchev–Trinajstić information content (AvgIpc) is 2.61. The molecule has 1 aromatic carbocycles. The van der Waals surface area contributed by atoms with Gasteiger partial charge in [0.25, 0.3) is 5.91 Å². The number of nitrogens with one attached hydrogen (secondary N) is 1. The zero-order valence-electron chi connectivity index (χ0n) is 15.0. The molecule has 1 amide bonds. The van der Waals surface area contributed by atoms with Gasteiger partial charge in [-0.1, -0.05) is 38.5 Å². The van der Waals surface area contributed by atoms with Crippen LogP contribution in [0.3, 0.4) is 0 Å². The zero-order chi connectivity index (χ0) is 17.5. The molecular weight excluding hydrogens is 300 g/mol. The molecule has 5 heteroatoms. The van der Waals surface area contributed by atoms with Crippen molar-refractivity contribution in [1.82, 2.24) is 14.9 Å². The first-order valence-corrected chi connectivity index (χ1v) is 8.49. The Morgan fingerprint density at radius 1 is 1.21 bits per heavy atom.